The number of rotatable bonds is 4. The van der Waals surface area contributed by atoms with Gasteiger partial charge < -0.3 is 13.9 Å². The SMILES string of the molecule is Cc1cc(C(=O)NN=Cc2cc3c(cc2[N+](=O)[O-])OCO3)c(C)o1. The average molecular weight is 331 g/mol. The third-order valence-electron chi connectivity index (χ3n) is 3.37. The first-order chi connectivity index (χ1) is 11.5. The first-order valence-corrected chi connectivity index (χ1v) is 6.94. The zero-order valence-electron chi connectivity index (χ0n) is 12.9. The van der Waals surface area contributed by atoms with Crippen molar-refractivity contribution in [2.24, 2.45) is 5.10 Å². The Balaban J connectivity index is 1.80. The third kappa shape index (κ3) is 2.91. The second-order valence-corrected chi connectivity index (χ2v) is 5.05. The van der Waals surface area contributed by atoms with Crippen molar-refractivity contribution in [3.8, 4) is 11.5 Å². The Morgan fingerprint density at radius 3 is 2.62 bits per heavy atom. The maximum atomic E-state index is 12.0. The number of hydrogen-bond donors (Lipinski definition) is 1. The molecule has 0 saturated carbocycles. The summed E-state index contributed by atoms with van der Waals surface area (Å²) in [5.74, 6) is 1.29. The number of nitrogens with zero attached hydrogens (tertiary/aromatic N) is 2. The minimum atomic E-state index is -0.561. The van der Waals surface area contributed by atoms with E-state index in [0.29, 0.717) is 28.6 Å². The first kappa shape index (κ1) is 15.5. The van der Waals surface area contributed by atoms with E-state index in [1.165, 1.54) is 18.3 Å². The molecule has 124 valence electrons. The second-order valence-electron chi connectivity index (χ2n) is 5.05. The molecular formula is C15H13N3O6. The fourth-order valence-electron chi connectivity index (χ4n) is 2.29. The molecule has 1 N–H and O–H groups in total. The minimum Gasteiger partial charge on any atom is -0.466 e. The lowest BCUT2D eigenvalue weighted by Gasteiger charge is -2.01. The van der Waals surface area contributed by atoms with E-state index in [-0.39, 0.29) is 18.0 Å². The maximum Gasteiger partial charge on any atom is 0.282 e. The van der Waals surface area contributed by atoms with Gasteiger partial charge in [-0.1, -0.05) is 0 Å². The predicted octanol–water partition coefficient (Wildman–Crippen LogP) is 2.30. The van der Waals surface area contributed by atoms with Crippen molar-refractivity contribution in [3.63, 3.8) is 0 Å². The van der Waals surface area contributed by atoms with E-state index in [4.69, 9.17) is 13.9 Å². The predicted molar refractivity (Wildman–Crippen MR) is 82.5 cm³/mol. The quantitative estimate of drug-likeness (QED) is 0.522. The lowest BCUT2D eigenvalue weighted by atomic mass is 10.1. The summed E-state index contributed by atoms with van der Waals surface area (Å²) < 4.78 is 15.6. The summed E-state index contributed by atoms with van der Waals surface area (Å²) in [5, 5.41) is 14.9. The van der Waals surface area contributed by atoms with Crippen LogP contribution in [-0.2, 0) is 0 Å². The van der Waals surface area contributed by atoms with Gasteiger partial charge in [-0.3, -0.25) is 14.9 Å². The molecule has 1 aromatic carbocycles. The Labute approximate surface area is 136 Å². The molecule has 1 amide bonds. The molecule has 2 heterocycles. The van der Waals surface area contributed by atoms with E-state index in [1.54, 1.807) is 19.9 Å². The third-order valence-corrected chi connectivity index (χ3v) is 3.37. The van der Waals surface area contributed by atoms with Crippen molar-refractivity contribution >= 4 is 17.8 Å². The number of hydrogen-bond acceptors (Lipinski definition) is 7. The minimum absolute atomic E-state index is 0.00291. The van der Waals surface area contributed by atoms with Crippen LogP contribution in [0.5, 0.6) is 11.5 Å². The topological polar surface area (TPSA) is 116 Å². The van der Waals surface area contributed by atoms with Gasteiger partial charge in [0.1, 0.15) is 11.5 Å². The number of fused-ring (bicyclic) bond motifs is 1. The number of benzene rings is 1. The standard InChI is InChI=1S/C15H13N3O6/c1-8-3-11(9(2)24-8)15(19)17-16-6-10-4-13-14(23-7-22-13)5-12(10)18(20)21/h3-6H,7H2,1-2H3,(H,17,19). The van der Waals surface area contributed by atoms with Crippen LogP contribution in [0.15, 0.2) is 27.7 Å². The summed E-state index contributed by atoms with van der Waals surface area (Å²) in [7, 11) is 0. The van der Waals surface area contributed by atoms with Gasteiger partial charge in [0, 0.05) is 0 Å². The first-order valence-electron chi connectivity index (χ1n) is 6.94. The molecule has 1 aromatic heterocycles. The van der Waals surface area contributed by atoms with Crippen LogP contribution >= 0.6 is 0 Å². The summed E-state index contributed by atoms with van der Waals surface area (Å²) in [6, 6.07) is 4.28. The van der Waals surface area contributed by atoms with Gasteiger partial charge in [0.2, 0.25) is 6.79 Å². The van der Waals surface area contributed by atoms with Gasteiger partial charge in [-0.25, -0.2) is 5.43 Å². The number of hydrazone groups is 1. The largest absolute Gasteiger partial charge is 0.466 e. The van der Waals surface area contributed by atoms with E-state index in [2.05, 4.69) is 10.5 Å². The number of aryl methyl sites for hydroxylation is 2. The van der Waals surface area contributed by atoms with E-state index >= 15 is 0 Å². The van der Waals surface area contributed by atoms with E-state index in [1.807, 2.05) is 0 Å². The van der Waals surface area contributed by atoms with Gasteiger partial charge in [-0.2, -0.15) is 5.10 Å². The van der Waals surface area contributed by atoms with Gasteiger partial charge in [0.15, 0.2) is 11.5 Å². The van der Waals surface area contributed by atoms with Crippen molar-refractivity contribution in [2.45, 2.75) is 13.8 Å². The second kappa shape index (κ2) is 6.03. The number of nitro benzene ring substituents is 1. The summed E-state index contributed by atoms with van der Waals surface area (Å²) in [4.78, 5) is 22.6. The highest BCUT2D eigenvalue weighted by Crippen LogP contribution is 2.37. The molecule has 24 heavy (non-hydrogen) atoms. The fourth-order valence-corrected chi connectivity index (χ4v) is 2.29. The Morgan fingerprint density at radius 1 is 1.29 bits per heavy atom. The van der Waals surface area contributed by atoms with Gasteiger partial charge in [-0.05, 0) is 26.0 Å². The molecule has 1 aliphatic heterocycles. The molecule has 0 unspecified atom stereocenters. The number of furan rings is 1. The Morgan fingerprint density at radius 2 is 2.00 bits per heavy atom. The van der Waals surface area contributed by atoms with Crippen molar-refractivity contribution in [1.82, 2.24) is 5.43 Å². The smallest absolute Gasteiger partial charge is 0.282 e. The summed E-state index contributed by atoms with van der Waals surface area (Å²) in [6.07, 6.45) is 1.18. The number of carbonyl (C=O) groups is 1. The van der Waals surface area contributed by atoms with Gasteiger partial charge >= 0.3 is 0 Å². The number of nitro groups is 1. The van der Waals surface area contributed by atoms with Crippen molar-refractivity contribution in [1.29, 1.82) is 0 Å². The van der Waals surface area contributed by atoms with E-state index in [9.17, 15) is 14.9 Å². The highest BCUT2D eigenvalue weighted by Gasteiger charge is 2.22. The number of nitrogens with one attached hydrogen (secondary N) is 1. The molecule has 0 radical (unpaired) electrons. The zero-order valence-corrected chi connectivity index (χ0v) is 12.9. The molecule has 0 bridgehead atoms. The lowest BCUT2D eigenvalue weighted by molar-refractivity contribution is -0.385. The fraction of sp³-hybridized carbons (Fsp3) is 0.200. The molecule has 2 aromatic rings. The molecule has 0 saturated heterocycles. The van der Waals surface area contributed by atoms with Crippen LogP contribution in [0.2, 0.25) is 0 Å². The summed E-state index contributed by atoms with van der Waals surface area (Å²) in [6.45, 7) is 3.39. The maximum absolute atomic E-state index is 12.0. The molecule has 9 heteroatoms. The van der Waals surface area contributed by atoms with Gasteiger partial charge in [-0.15, -0.1) is 0 Å². The number of amides is 1. The van der Waals surface area contributed by atoms with Crippen LogP contribution in [0.1, 0.15) is 27.4 Å². The normalized spacial score (nSPS) is 12.6. The Hall–Kier alpha value is -3.36. The molecule has 3 rings (SSSR count). The average Bonchev–Trinajstić information content (AvgIpc) is 3.11. The van der Waals surface area contributed by atoms with Crippen molar-refractivity contribution < 1.29 is 23.6 Å². The van der Waals surface area contributed by atoms with Crippen LogP contribution in [0, 0.1) is 24.0 Å². The van der Waals surface area contributed by atoms with Gasteiger partial charge in [0.25, 0.3) is 11.6 Å². The van der Waals surface area contributed by atoms with Gasteiger partial charge in [0.05, 0.1) is 28.3 Å². The van der Waals surface area contributed by atoms with E-state index < -0.39 is 10.8 Å². The molecule has 1 aliphatic rings. The number of ether oxygens (including phenoxy) is 2. The number of carbonyl (C=O) groups excluding carboxylic acids is 1. The highest BCUT2D eigenvalue weighted by atomic mass is 16.7. The molecule has 0 fully saturated rings. The van der Waals surface area contributed by atoms with Crippen LogP contribution in [0.4, 0.5) is 5.69 Å². The van der Waals surface area contributed by atoms with Crippen LogP contribution in [0.3, 0.4) is 0 Å². The zero-order chi connectivity index (χ0) is 17.3. The Bertz CT molecular complexity index is 855. The molecule has 0 aliphatic carbocycles. The molecule has 0 atom stereocenters. The monoisotopic (exact) mass is 331 g/mol. The summed E-state index contributed by atoms with van der Waals surface area (Å²) >= 11 is 0. The van der Waals surface area contributed by atoms with Crippen LogP contribution in [0.25, 0.3) is 0 Å². The van der Waals surface area contributed by atoms with Crippen molar-refractivity contribution in [2.75, 3.05) is 6.79 Å². The summed E-state index contributed by atoms with van der Waals surface area (Å²) in [5.41, 5.74) is 2.65. The lowest BCUT2D eigenvalue weighted by Crippen LogP contribution is -2.17. The van der Waals surface area contributed by atoms with E-state index in [0.717, 1.165) is 0 Å². The van der Waals surface area contributed by atoms with Crippen molar-refractivity contribution in [3.05, 3.63) is 51.0 Å². The molecule has 9 nitrogen and oxygen atoms in total. The molecular weight excluding hydrogens is 318 g/mol. The van der Waals surface area contributed by atoms with Crippen LogP contribution in [-0.4, -0.2) is 23.8 Å². The highest BCUT2D eigenvalue weighted by molar-refractivity contribution is 5.96. The molecule has 0 spiro atoms. The van der Waals surface area contributed by atoms with Crippen LogP contribution < -0.4 is 14.9 Å². The Kier molecular flexibility index (Phi) is 3.90.